The normalized spacial score (nSPS) is 11.7. The molecule has 0 radical (unpaired) electrons. The number of benzene rings is 1. The van der Waals surface area contributed by atoms with E-state index in [4.69, 9.17) is 28.3 Å². The first-order valence-electron chi connectivity index (χ1n) is 3.63. The van der Waals surface area contributed by atoms with Gasteiger partial charge in [0.1, 0.15) is 4.33 Å². The van der Waals surface area contributed by atoms with Crippen LogP contribution in [0, 0.1) is 0 Å². The highest BCUT2D eigenvalue weighted by atomic mass is 35.5. The standard InChI is InChI=1S/C9H10Cl2O/c1-9(10,11)8-5-3-2-4-7(8)6-12/h2-5,12H,6H2,1H3. The summed E-state index contributed by atoms with van der Waals surface area (Å²) in [6.07, 6.45) is 0. The van der Waals surface area contributed by atoms with E-state index in [0.29, 0.717) is 0 Å². The zero-order valence-corrected chi connectivity index (χ0v) is 8.23. The monoisotopic (exact) mass is 204 g/mol. The van der Waals surface area contributed by atoms with Crippen LogP contribution in [0.15, 0.2) is 24.3 Å². The summed E-state index contributed by atoms with van der Waals surface area (Å²) in [5.74, 6) is 0. The lowest BCUT2D eigenvalue weighted by Gasteiger charge is -2.16. The Labute approximate surface area is 81.9 Å². The summed E-state index contributed by atoms with van der Waals surface area (Å²) >= 11 is 11.8. The highest BCUT2D eigenvalue weighted by molar-refractivity contribution is 6.47. The van der Waals surface area contributed by atoms with Crippen LogP contribution in [-0.4, -0.2) is 5.11 Å². The number of halogens is 2. The Balaban J connectivity index is 3.14. The van der Waals surface area contributed by atoms with Crippen molar-refractivity contribution in [1.29, 1.82) is 0 Å². The zero-order chi connectivity index (χ0) is 9.19. The van der Waals surface area contributed by atoms with Gasteiger partial charge in [0.15, 0.2) is 0 Å². The summed E-state index contributed by atoms with van der Waals surface area (Å²) in [4.78, 5) is 0. The Kier molecular flexibility index (Phi) is 2.99. The Hall–Kier alpha value is -0.240. The van der Waals surface area contributed by atoms with E-state index in [2.05, 4.69) is 0 Å². The van der Waals surface area contributed by atoms with Crippen molar-refractivity contribution in [2.75, 3.05) is 0 Å². The van der Waals surface area contributed by atoms with Crippen molar-refractivity contribution in [2.24, 2.45) is 0 Å². The van der Waals surface area contributed by atoms with E-state index in [-0.39, 0.29) is 6.61 Å². The first-order chi connectivity index (χ1) is 5.55. The molecule has 0 aliphatic heterocycles. The molecule has 0 saturated heterocycles. The van der Waals surface area contributed by atoms with Crippen molar-refractivity contribution >= 4 is 23.2 Å². The van der Waals surface area contributed by atoms with Gasteiger partial charge < -0.3 is 5.11 Å². The van der Waals surface area contributed by atoms with Crippen LogP contribution in [0.3, 0.4) is 0 Å². The summed E-state index contributed by atoms with van der Waals surface area (Å²) in [6.45, 7) is 1.65. The summed E-state index contributed by atoms with van der Waals surface area (Å²) in [7, 11) is 0. The van der Waals surface area contributed by atoms with E-state index >= 15 is 0 Å². The summed E-state index contributed by atoms with van der Waals surface area (Å²) < 4.78 is -0.931. The molecule has 0 amide bonds. The minimum absolute atomic E-state index is 0.0365. The second-order valence-electron chi connectivity index (χ2n) is 2.70. The fourth-order valence-electron chi connectivity index (χ4n) is 1.09. The van der Waals surface area contributed by atoms with E-state index in [0.717, 1.165) is 11.1 Å². The van der Waals surface area contributed by atoms with Gasteiger partial charge in [0, 0.05) is 0 Å². The molecule has 1 nitrogen and oxygen atoms in total. The fourth-order valence-corrected chi connectivity index (χ4v) is 1.46. The highest BCUT2D eigenvalue weighted by Crippen LogP contribution is 2.34. The number of hydrogen-bond acceptors (Lipinski definition) is 1. The van der Waals surface area contributed by atoms with E-state index in [1.165, 1.54) is 0 Å². The van der Waals surface area contributed by atoms with Crippen molar-refractivity contribution in [3.63, 3.8) is 0 Å². The number of hydrogen-bond donors (Lipinski definition) is 1. The molecule has 66 valence electrons. The molecule has 0 aromatic heterocycles. The van der Waals surface area contributed by atoms with Gasteiger partial charge in [-0.15, -0.1) is 0 Å². The number of aliphatic hydroxyl groups excluding tert-OH is 1. The van der Waals surface area contributed by atoms with Crippen LogP contribution in [0.5, 0.6) is 0 Å². The van der Waals surface area contributed by atoms with Gasteiger partial charge in [0.25, 0.3) is 0 Å². The topological polar surface area (TPSA) is 20.2 Å². The van der Waals surface area contributed by atoms with E-state index in [9.17, 15) is 0 Å². The summed E-state index contributed by atoms with van der Waals surface area (Å²) in [5, 5.41) is 8.96. The van der Waals surface area contributed by atoms with E-state index < -0.39 is 4.33 Å². The van der Waals surface area contributed by atoms with Crippen LogP contribution in [0.25, 0.3) is 0 Å². The quantitative estimate of drug-likeness (QED) is 0.736. The SMILES string of the molecule is CC(Cl)(Cl)c1ccccc1CO. The van der Waals surface area contributed by atoms with Crippen molar-refractivity contribution in [3.8, 4) is 0 Å². The van der Waals surface area contributed by atoms with Crippen LogP contribution in [0.2, 0.25) is 0 Å². The maximum atomic E-state index is 8.96. The molecular formula is C9H10Cl2O. The van der Waals surface area contributed by atoms with E-state index in [1.54, 1.807) is 13.0 Å². The molecule has 0 spiro atoms. The molecule has 1 aromatic carbocycles. The lowest BCUT2D eigenvalue weighted by Crippen LogP contribution is -2.07. The van der Waals surface area contributed by atoms with Gasteiger partial charge in [-0.25, -0.2) is 0 Å². The molecule has 0 aliphatic rings. The van der Waals surface area contributed by atoms with Crippen LogP contribution in [0.1, 0.15) is 18.1 Å². The van der Waals surface area contributed by atoms with Gasteiger partial charge in [-0.05, 0) is 18.1 Å². The predicted molar refractivity (Wildman–Crippen MR) is 51.4 cm³/mol. The van der Waals surface area contributed by atoms with Crippen molar-refractivity contribution in [3.05, 3.63) is 35.4 Å². The third-order valence-corrected chi connectivity index (χ3v) is 2.07. The average Bonchev–Trinajstić information content (AvgIpc) is 2.03. The molecular weight excluding hydrogens is 195 g/mol. The smallest absolute Gasteiger partial charge is 0.140 e. The predicted octanol–water partition coefficient (Wildman–Crippen LogP) is 2.83. The molecule has 0 atom stereocenters. The molecule has 1 N–H and O–H groups in total. The lowest BCUT2D eigenvalue weighted by molar-refractivity contribution is 0.280. The van der Waals surface area contributed by atoms with Gasteiger partial charge in [-0.2, -0.15) is 0 Å². The molecule has 0 aliphatic carbocycles. The Morgan fingerprint density at radius 1 is 1.33 bits per heavy atom. The van der Waals surface area contributed by atoms with Gasteiger partial charge in [0.05, 0.1) is 6.61 Å². The Bertz CT molecular complexity index is 265. The number of alkyl halides is 2. The summed E-state index contributed by atoms with van der Waals surface area (Å²) in [5.41, 5.74) is 1.53. The molecule has 1 rings (SSSR count). The average molecular weight is 205 g/mol. The molecule has 0 heterocycles. The minimum Gasteiger partial charge on any atom is -0.392 e. The second kappa shape index (κ2) is 3.65. The molecule has 0 unspecified atom stereocenters. The highest BCUT2D eigenvalue weighted by Gasteiger charge is 2.21. The molecule has 0 saturated carbocycles. The van der Waals surface area contributed by atoms with Crippen molar-refractivity contribution < 1.29 is 5.11 Å². The minimum atomic E-state index is -0.931. The molecule has 12 heavy (non-hydrogen) atoms. The van der Waals surface area contributed by atoms with Crippen LogP contribution in [-0.2, 0) is 10.9 Å². The van der Waals surface area contributed by atoms with Crippen molar-refractivity contribution in [1.82, 2.24) is 0 Å². The first kappa shape index (κ1) is 9.85. The van der Waals surface area contributed by atoms with Gasteiger partial charge in [-0.3, -0.25) is 0 Å². The maximum absolute atomic E-state index is 8.96. The van der Waals surface area contributed by atoms with Gasteiger partial charge >= 0.3 is 0 Å². The second-order valence-corrected chi connectivity index (χ2v) is 4.41. The van der Waals surface area contributed by atoms with Gasteiger partial charge in [0.2, 0.25) is 0 Å². The Morgan fingerprint density at radius 2 is 1.92 bits per heavy atom. The first-order valence-corrected chi connectivity index (χ1v) is 4.38. The molecule has 1 aromatic rings. The Morgan fingerprint density at radius 3 is 2.33 bits per heavy atom. The van der Waals surface area contributed by atoms with Gasteiger partial charge in [-0.1, -0.05) is 47.5 Å². The van der Waals surface area contributed by atoms with Crippen LogP contribution < -0.4 is 0 Å². The third-order valence-electron chi connectivity index (χ3n) is 1.66. The van der Waals surface area contributed by atoms with Crippen LogP contribution in [0.4, 0.5) is 0 Å². The fraction of sp³-hybridized carbons (Fsp3) is 0.333. The maximum Gasteiger partial charge on any atom is 0.140 e. The zero-order valence-electron chi connectivity index (χ0n) is 6.72. The third kappa shape index (κ3) is 2.13. The lowest BCUT2D eigenvalue weighted by atomic mass is 10.1. The largest absolute Gasteiger partial charge is 0.392 e. The molecule has 0 fully saturated rings. The molecule has 3 heteroatoms. The summed E-state index contributed by atoms with van der Waals surface area (Å²) in [6, 6.07) is 7.30. The van der Waals surface area contributed by atoms with Crippen molar-refractivity contribution in [2.45, 2.75) is 17.9 Å². The number of rotatable bonds is 2. The number of aliphatic hydroxyl groups is 1. The molecule has 0 bridgehead atoms. The van der Waals surface area contributed by atoms with Crippen LogP contribution >= 0.6 is 23.2 Å². The van der Waals surface area contributed by atoms with E-state index in [1.807, 2.05) is 18.2 Å².